The van der Waals surface area contributed by atoms with Crippen LogP contribution in [0.2, 0.25) is 0 Å². The molecule has 1 aromatic heterocycles. The van der Waals surface area contributed by atoms with Gasteiger partial charge in [-0.3, -0.25) is 4.79 Å². The number of carbonyl (C=O) groups excluding carboxylic acids is 1. The van der Waals surface area contributed by atoms with Gasteiger partial charge in [-0.05, 0) is 24.6 Å². The van der Waals surface area contributed by atoms with Gasteiger partial charge in [0.2, 0.25) is 0 Å². The van der Waals surface area contributed by atoms with Gasteiger partial charge in [-0.1, -0.05) is 12.1 Å². The number of aryl methyl sites for hydroxylation is 1. The first-order valence-corrected chi connectivity index (χ1v) is 6.47. The topological polar surface area (TPSA) is 42.4 Å². The quantitative estimate of drug-likeness (QED) is 0.772. The normalized spacial score (nSPS) is 15.7. The number of hydrogen-bond donors (Lipinski definition) is 0. The largest absolute Gasteiger partial charge is 0.378 e. The highest BCUT2D eigenvalue weighted by molar-refractivity contribution is 5.89. The number of carbonyl (C=O) groups is 1. The Labute approximate surface area is 112 Å². The van der Waals surface area contributed by atoms with E-state index in [1.54, 1.807) is 0 Å². The average Bonchev–Trinajstić information content (AvgIpc) is 2.47. The number of rotatable bonds is 2. The van der Waals surface area contributed by atoms with E-state index in [2.05, 4.69) is 22.9 Å². The highest BCUT2D eigenvalue weighted by atomic mass is 16.5. The minimum absolute atomic E-state index is 0.665. The molecule has 1 aliphatic heterocycles. The van der Waals surface area contributed by atoms with Crippen LogP contribution in [0, 0.1) is 6.92 Å². The van der Waals surface area contributed by atoms with Crippen molar-refractivity contribution in [2.24, 2.45) is 0 Å². The van der Waals surface area contributed by atoms with E-state index < -0.39 is 0 Å². The fourth-order valence-corrected chi connectivity index (χ4v) is 2.43. The Morgan fingerprint density at radius 3 is 2.79 bits per heavy atom. The summed E-state index contributed by atoms with van der Waals surface area (Å²) in [5.74, 6) is 0.969. The second kappa shape index (κ2) is 4.97. The van der Waals surface area contributed by atoms with E-state index >= 15 is 0 Å². The SMILES string of the molecule is Cc1cc(N2CCOCC2)nc2cc(C=O)ccc12. The highest BCUT2D eigenvalue weighted by Gasteiger charge is 2.14. The predicted octanol–water partition coefficient (Wildman–Crippen LogP) is 2.19. The molecule has 1 saturated heterocycles. The molecule has 0 N–H and O–H groups in total. The number of ether oxygens (including phenoxy) is 1. The second-order valence-corrected chi connectivity index (χ2v) is 4.79. The van der Waals surface area contributed by atoms with Crippen LogP contribution >= 0.6 is 0 Å². The lowest BCUT2D eigenvalue weighted by molar-refractivity contribution is 0.112. The molecular weight excluding hydrogens is 240 g/mol. The van der Waals surface area contributed by atoms with E-state index in [1.807, 2.05) is 18.2 Å². The maximum Gasteiger partial charge on any atom is 0.150 e. The molecular formula is C15H16N2O2. The molecule has 1 aromatic carbocycles. The molecule has 0 aliphatic carbocycles. The number of morpholine rings is 1. The van der Waals surface area contributed by atoms with Gasteiger partial charge >= 0.3 is 0 Å². The van der Waals surface area contributed by atoms with Crippen molar-refractivity contribution in [3.63, 3.8) is 0 Å². The Morgan fingerprint density at radius 1 is 1.26 bits per heavy atom. The fraction of sp³-hybridized carbons (Fsp3) is 0.333. The van der Waals surface area contributed by atoms with Gasteiger partial charge in [-0.15, -0.1) is 0 Å². The Morgan fingerprint density at radius 2 is 2.05 bits per heavy atom. The molecule has 0 atom stereocenters. The lowest BCUT2D eigenvalue weighted by atomic mass is 10.1. The van der Waals surface area contributed by atoms with Crippen molar-refractivity contribution in [3.8, 4) is 0 Å². The number of aldehydes is 1. The summed E-state index contributed by atoms with van der Waals surface area (Å²) in [5.41, 5.74) is 2.73. The molecule has 19 heavy (non-hydrogen) atoms. The summed E-state index contributed by atoms with van der Waals surface area (Å²) in [6.45, 7) is 5.30. The monoisotopic (exact) mass is 256 g/mol. The number of aromatic nitrogens is 1. The van der Waals surface area contributed by atoms with Crippen LogP contribution in [0.3, 0.4) is 0 Å². The van der Waals surface area contributed by atoms with Gasteiger partial charge in [0.05, 0.1) is 18.7 Å². The lowest BCUT2D eigenvalue weighted by Crippen LogP contribution is -2.36. The summed E-state index contributed by atoms with van der Waals surface area (Å²) in [5, 5.41) is 1.10. The Hall–Kier alpha value is -1.94. The van der Waals surface area contributed by atoms with Gasteiger partial charge < -0.3 is 9.64 Å². The van der Waals surface area contributed by atoms with Gasteiger partial charge in [-0.2, -0.15) is 0 Å². The number of anilines is 1. The van der Waals surface area contributed by atoms with Crippen molar-refractivity contribution in [2.45, 2.75) is 6.92 Å². The summed E-state index contributed by atoms with van der Waals surface area (Å²) < 4.78 is 5.36. The van der Waals surface area contributed by atoms with Crippen LogP contribution in [0.5, 0.6) is 0 Å². The van der Waals surface area contributed by atoms with E-state index in [0.717, 1.165) is 49.3 Å². The average molecular weight is 256 g/mol. The molecule has 3 rings (SSSR count). The zero-order chi connectivity index (χ0) is 13.2. The van der Waals surface area contributed by atoms with Crippen molar-refractivity contribution in [2.75, 3.05) is 31.2 Å². The molecule has 0 saturated carbocycles. The zero-order valence-electron chi connectivity index (χ0n) is 10.9. The van der Waals surface area contributed by atoms with Crippen LogP contribution in [0.4, 0.5) is 5.82 Å². The molecule has 0 bridgehead atoms. The molecule has 2 aromatic rings. The van der Waals surface area contributed by atoms with Crippen molar-refractivity contribution >= 4 is 23.0 Å². The van der Waals surface area contributed by atoms with Crippen molar-refractivity contribution < 1.29 is 9.53 Å². The standard InChI is InChI=1S/C15H16N2O2/c1-11-8-15(17-4-6-19-7-5-17)16-14-9-12(10-18)2-3-13(11)14/h2-3,8-10H,4-7H2,1H3. The smallest absolute Gasteiger partial charge is 0.150 e. The van der Waals surface area contributed by atoms with Crippen LogP contribution in [0.25, 0.3) is 10.9 Å². The van der Waals surface area contributed by atoms with Crippen molar-refractivity contribution in [1.82, 2.24) is 4.98 Å². The molecule has 1 fully saturated rings. The van der Waals surface area contributed by atoms with Crippen LogP contribution in [0.15, 0.2) is 24.3 Å². The fourth-order valence-electron chi connectivity index (χ4n) is 2.43. The van der Waals surface area contributed by atoms with Crippen molar-refractivity contribution in [3.05, 3.63) is 35.4 Å². The van der Waals surface area contributed by atoms with E-state index in [0.29, 0.717) is 5.56 Å². The minimum Gasteiger partial charge on any atom is -0.378 e. The first kappa shape index (κ1) is 12.1. The Balaban J connectivity index is 2.08. The molecule has 1 aliphatic rings. The molecule has 98 valence electrons. The highest BCUT2D eigenvalue weighted by Crippen LogP contribution is 2.23. The first-order chi connectivity index (χ1) is 9.28. The molecule has 4 nitrogen and oxygen atoms in total. The number of pyridine rings is 1. The zero-order valence-corrected chi connectivity index (χ0v) is 10.9. The summed E-state index contributed by atoms with van der Waals surface area (Å²) in [4.78, 5) is 17.8. The third-order valence-corrected chi connectivity index (χ3v) is 3.50. The van der Waals surface area contributed by atoms with Gasteiger partial charge in [0.15, 0.2) is 0 Å². The summed E-state index contributed by atoms with van der Waals surface area (Å²) >= 11 is 0. The molecule has 0 spiro atoms. The Kier molecular flexibility index (Phi) is 3.17. The minimum atomic E-state index is 0.665. The van der Waals surface area contributed by atoms with Crippen LogP contribution in [-0.4, -0.2) is 37.6 Å². The third-order valence-electron chi connectivity index (χ3n) is 3.50. The summed E-state index contributed by atoms with van der Waals surface area (Å²) in [6, 6.07) is 7.75. The first-order valence-electron chi connectivity index (χ1n) is 6.47. The van der Waals surface area contributed by atoms with E-state index in [-0.39, 0.29) is 0 Å². The number of nitrogens with zero attached hydrogens (tertiary/aromatic N) is 2. The van der Waals surface area contributed by atoms with E-state index in [9.17, 15) is 4.79 Å². The maximum absolute atomic E-state index is 10.9. The van der Waals surface area contributed by atoms with E-state index in [1.165, 1.54) is 5.56 Å². The summed E-state index contributed by atoms with van der Waals surface area (Å²) in [7, 11) is 0. The third kappa shape index (κ3) is 2.31. The summed E-state index contributed by atoms with van der Waals surface area (Å²) in [6.07, 6.45) is 0.859. The van der Waals surface area contributed by atoms with Gasteiger partial charge in [0.25, 0.3) is 0 Å². The second-order valence-electron chi connectivity index (χ2n) is 4.79. The molecule has 0 amide bonds. The lowest BCUT2D eigenvalue weighted by Gasteiger charge is -2.28. The van der Waals surface area contributed by atoms with Gasteiger partial charge in [0, 0.05) is 24.0 Å². The molecule has 4 heteroatoms. The Bertz CT molecular complexity index is 619. The van der Waals surface area contributed by atoms with Gasteiger partial charge in [0.1, 0.15) is 12.1 Å². The van der Waals surface area contributed by atoms with Crippen LogP contribution in [-0.2, 0) is 4.74 Å². The van der Waals surface area contributed by atoms with Crippen LogP contribution < -0.4 is 4.90 Å². The predicted molar refractivity (Wildman–Crippen MR) is 74.9 cm³/mol. The van der Waals surface area contributed by atoms with Crippen molar-refractivity contribution in [1.29, 1.82) is 0 Å². The number of benzene rings is 1. The van der Waals surface area contributed by atoms with E-state index in [4.69, 9.17) is 4.74 Å². The number of fused-ring (bicyclic) bond motifs is 1. The molecule has 2 heterocycles. The maximum atomic E-state index is 10.9. The van der Waals surface area contributed by atoms with Gasteiger partial charge in [-0.25, -0.2) is 4.98 Å². The van der Waals surface area contributed by atoms with Crippen LogP contribution in [0.1, 0.15) is 15.9 Å². The molecule has 0 unspecified atom stereocenters. The number of hydrogen-bond acceptors (Lipinski definition) is 4. The molecule has 0 radical (unpaired) electrons.